The van der Waals surface area contributed by atoms with Gasteiger partial charge >= 0.3 is 6.18 Å². The van der Waals surface area contributed by atoms with Crippen LogP contribution in [-0.2, 0) is 28.7 Å². The molecule has 1 unspecified atom stereocenters. The molecule has 2 rings (SSSR count). The number of nitrogens with one attached hydrogen (secondary N) is 2. The highest BCUT2D eigenvalue weighted by molar-refractivity contribution is 5.89. The van der Waals surface area contributed by atoms with Gasteiger partial charge in [-0.05, 0) is 43.8 Å². The second kappa shape index (κ2) is 10.9. The van der Waals surface area contributed by atoms with Crippen molar-refractivity contribution < 1.29 is 22.8 Å². The van der Waals surface area contributed by atoms with Gasteiger partial charge in [0, 0.05) is 19.2 Å². The van der Waals surface area contributed by atoms with Crippen LogP contribution in [0.15, 0.2) is 42.6 Å². The second-order valence-electron chi connectivity index (χ2n) is 7.52. The zero-order valence-electron chi connectivity index (χ0n) is 18.2. The number of anilines is 1. The molecular formula is C22H28F3N5O2. The molecule has 1 heterocycles. The van der Waals surface area contributed by atoms with Gasteiger partial charge in [0.15, 0.2) is 0 Å². The fraction of sp³-hybridized carbons (Fsp3) is 0.409. The Morgan fingerprint density at radius 3 is 2.47 bits per heavy atom. The zero-order chi connectivity index (χ0) is 23.9. The van der Waals surface area contributed by atoms with Gasteiger partial charge in [0.25, 0.3) is 0 Å². The number of pyridine rings is 1. The average Bonchev–Trinajstić information content (AvgIpc) is 2.76. The number of hydrogen-bond acceptors (Lipinski definition) is 5. The summed E-state index contributed by atoms with van der Waals surface area (Å²) in [4.78, 5) is 31.2. The summed E-state index contributed by atoms with van der Waals surface area (Å²) in [6, 6.07) is 6.43. The lowest BCUT2D eigenvalue weighted by Crippen LogP contribution is -2.53. The Bertz CT molecular complexity index is 919. The smallest absolute Gasteiger partial charge is 0.384 e. The van der Waals surface area contributed by atoms with Crippen LogP contribution in [0.3, 0.4) is 0 Å². The van der Waals surface area contributed by atoms with Crippen LogP contribution in [0, 0.1) is 0 Å². The van der Waals surface area contributed by atoms with Crippen LogP contribution in [0.5, 0.6) is 0 Å². The molecule has 0 saturated carbocycles. The van der Waals surface area contributed by atoms with E-state index in [1.54, 1.807) is 31.0 Å². The van der Waals surface area contributed by atoms with Gasteiger partial charge in [0.2, 0.25) is 11.8 Å². The van der Waals surface area contributed by atoms with Crippen LogP contribution < -0.4 is 16.4 Å². The predicted octanol–water partition coefficient (Wildman–Crippen LogP) is 2.37. The van der Waals surface area contributed by atoms with Crippen molar-refractivity contribution in [1.82, 2.24) is 20.5 Å². The molecule has 0 bridgehead atoms. The highest BCUT2D eigenvalue weighted by Gasteiger charge is 2.31. The van der Waals surface area contributed by atoms with Crippen LogP contribution in [-0.4, -0.2) is 47.4 Å². The maximum atomic E-state index is 13.1. The topological polar surface area (TPSA) is 100 Å². The van der Waals surface area contributed by atoms with Crippen LogP contribution in [0.25, 0.3) is 0 Å². The van der Waals surface area contributed by atoms with E-state index < -0.39 is 35.6 Å². The number of halogens is 3. The van der Waals surface area contributed by atoms with Gasteiger partial charge in [0.1, 0.15) is 11.9 Å². The molecule has 2 amide bonds. The first-order valence-corrected chi connectivity index (χ1v) is 10.2. The van der Waals surface area contributed by atoms with Crippen molar-refractivity contribution in [3.63, 3.8) is 0 Å². The molecule has 0 radical (unpaired) electrons. The van der Waals surface area contributed by atoms with Crippen LogP contribution in [0.1, 0.15) is 30.5 Å². The van der Waals surface area contributed by atoms with Gasteiger partial charge in [0.05, 0.1) is 11.6 Å². The van der Waals surface area contributed by atoms with Gasteiger partial charge in [-0.25, -0.2) is 4.98 Å². The zero-order valence-corrected chi connectivity index (χ0v) is 18.2. The summed E-state index contributed by atoms with van der Waals surface area (Å²) in [6.45, 7) is 4.32. The number of nitrogens with two attached hydrogens (primary N) is 1. The average molecular weight is 451 g/mol. The molecule has 0 saturated heterocycles. The molecule has 0 fully saturated rings. The van der Waals surface area contributed by atoms with Gasteiger partial charge in [-0.15, -0.1) is 0 Å². The number of aromatic nitrogens is 1. The molecule has 1 aromatic heterocycles. The number of carbonyl (C=O) groups excluding carboxylic acids is 2. The first-order chi connectivity index (χ1) is 15.0. The Morgan fingerprint density at radius 1 is 1.16 bits per heavy atom. The third-order valence-corrected chi connectivity index (χ3v) is 5.18. The van der Waals surface area contributed by atoms with Gasteiger partial charge in [-0.2, -0.15) is 13.2 Å². The molecule has 0 spiro atoms. The Kier molecular flexibility index (Phi) is 8.59. The lowest BCUT2D eigenvalue weighted by molar-refractivity contribution is -0.137. The minimum Gasteiger partial charge on any atom is -0.384 e. The molecule has 1 aromatic carbocycles. The Morgan fingerprint density at radius 2 is 1.88 bits per heavy atom. The maximum Gasteiger partial charge on any atom is 0.416 e. The van der Waals surface area contributed by atoms with E-state index in [1.807, 2.05) is 6.92 Å². The van der Waals surface area contributed by atoms with Crippen molar-refractivity contribution in [2.75, 3.05) is 19.3 Å². The standard InChI is InChI=1S/C22H28F3N5O2/c1-4-30(3)14(2)20(31)29-18(11-15-6-5-7-17(10-15)22(23,24)25)21(32)28-13-16-8-9-19(26)27-12-16/h5-10,12,14,18H,4,11,13H2,1-3H3,(H2,26,27)(H,28,32)(H,29,31)/t14?,18-/m0/s1. The van der Waals surface area contributed by atoms with E-state index in [4.69, 9.17) is 5.73 Å². The van der Waals surface area contributed by atoms with Crippen molar-refractivity contribution in [3.8, 4) is 0 Å². The number of amides is 2. The number of likely N-dealkylation sites (N-methyl/N-ethyl adjacent to an activating group) is 1. The van der Waals surface area contributed by atoms with Crippen molar-refractivity contribution >= 4 is 17.6 Å². The minimum atomic E-state index is -4.50. The fourth-order valence-corrected chi connectivity index (χ4v) is 2.94. The van der Waals surface area contributed by atoms with E-state index in [2.05, 4.69) is 15.6 Å². The fourth-order valence-electron chi connectivity index (χ4n) is 2.94. The van der Waals surface area contributed by atoms with Gasteiger partial charge < -0.3 is 16.4 Å². The summed E-state index contributed by atoms with van der Waals surface area (Å²) >= 11 is 0. The Balaban J connectivity index is 2.19. The molecule has 0 aliphatic rings. The molecule has 2 aromatic rings. The number of nitrogens with zero attached hydrogens (tertiary/aromatic N) is 2. The molecule has 4 N–H and O–H groups in total. The molecule has 10 heteroatoms. The lowest BCUT2D eigenvalue weighted by Gasteiger charge is -2.25. The number of nitrogen functional groups attached to an aromatic ring is 1. The summed E-state index contributed by atoms with van der Waals surface area (Å²) in [7, 11) is 1.76. The molecule has 32 heavy (non-hydrogen) atoms. The molecule has 0 aliphatic heterocycles. The van der Waals surface area contributed by atoms with Gasteiger partial charge in [-0.1, -0.05) is 31.2 Å². The molecule has 2 atom stereocenters. The summed E-state index contributed by atoms with van der Waals surface area (Å²) in [6.07, 6.45) is -3.09. The number of hydrogen-bond donors (Lipinski definition) is 3. The van der Waals surface area contributed by atoms with Crippen LogP contribution >= 0.6 is 0 Å². The molecule has 0 aliphatic carbocycles. The third-order valence-electron chi connectivity index (χ3n) is 5.18. The Hall–Kier alpha value is -3.14. The van der Waals surface area contributed by atoms with Crippen molar-refractivity contribution in [2.45, 2.75) is 45.1 Å². The van der Waals surface area contributed by atoms with E-state index in [0.29, 0.717) is 17.9 Å². The Labute approximate surface area is 185 Å². The lowest BCUT2D eigenvalue weighted by atomic mass is 10.0. The second-order valence-corrected chi connectivity index (χ2v) is 7.52. The van der Waals surface area contributed by atoms with Crippen molar-refractivity contribution in [2.24, 2.45) is 0 Å². The summed E-state index contributed by atoms with van der Waals surface area (Å²) in [5.74, 6) is -0.571. The normalized spacial score (nSPS) is 13.5. The van der Waals surface area contributed by atoms with Crippen molar-refractivity contribution in [1.29, 1.82) is 0 Å². The third kappa shape index (κ3) is 7.23. The van der Waals surface area contributed by atoms with E-state index >= 15 is 0 Å². The highest BCUT2D eigenvalue weighted by Crippen LogP contribution is 2.29. The number of carbonyl (C=O) groups is 2. The van der Waals surface area contributed by atoms with Crippen LogP contribution in [0.4, 0.5) is 19.0 Å². The predicted molar refractivity (Wildman–Crippen MR) is 115 cm³/mol. The first-order valence-electron chi connectivity index (χ1n) is 10.2. The summed E-state index contributed by atoms with van der Waals surface area (Å²) < 4.78 is 39.2. The van der Waals surface area contributed by atoms with E-state index in [-0.39, 0.29) is 18.5 Å². The van der Waals surface area contributed by atoms with Crippen molar-refractivity contribution in [3.05, 3.63) is 59.3 Å². The van der Waals surface area contributed by atoms with Crippen LogP contribution in [0.2, 0.25) is 0 Å². The SMILES string of the molecule is CCN(C)C(C)C(=O)N[C@@H](Cc1cccc(C(F)(F)F)c1)C(=O)NCc1ccc(N)nc1. The summed E-state index contributed by atoms with van der Waals surface area (Å²) in [5, 5.41) is 5.38. The molecule has 7 nitrogen and oxygen atoms in total. The van der Waals surface area contributed by atoms with E-state index in [9.17, 15) is 22.8 Å². The number of rotatable bonds is 9. The maximum absolute atomic E-state index is 13.1. The number of alkyl halides is 3. The summed E-state index contributed by atoms with van der Waals surface area (Å²) in [5.41, 5.74) is 5.71. The van der Waals surface area contributed by atoms with E-state index in [1.165, 1.54) is 18.3 Å². The molecular weight excluding hydrogens is 423 g/mol. The minimum absolute atomic E-state index is 0.0932. The van der Waals surface area contributed by atoms with E-state index in [0.717, 1.165) is 12.1 Å². The molecule has 174 valence electrons. The monoisotopic (exact) mass is 451 g/mol. The number of benzene rings is 1. The largest absolute Gasteiger partial charge is 0.416 e. The first kappa shape index (κ1) is 25.1. The quantitative estimate of drug-likeness (QED) is 0.544. The highest BCUT2D eigenvalue weighted by atomic mass is 19.4. The van der Waals surface area contributed by atoms with Gasteiger partial charge in [-0.3, -0.25) is 14.5 Å².